The van der Waals surface area contributed by atoms with Crippen LogP contribution in [0.1, 0.15) is 47.1 Å². The number of aromatic nitrogens is 3. The second kappa shape index (κ2) is 7.19. The van der Waals surface area contributed by atoms with Crippen LogP contribution in [0.4, 0.5) is 13.2 Å². The fraction of sp³-hybridized carbons (Fsp3) is 0.562. The Hall–Kier alpha value is -2.01. The summed E-state index contributed by atoms with van der Waals surface area (Å²) in [5.74, 6) is 0.119. The van der Waals surface area contributed by atoms with E-state index in [2.05, 4.69) is 19.8 Å². The van der Waals surface area contributed by atoms with E-state index in [0.717, 1.165) is 6.42 Å². The lowest BCUT2D eigenvalue weighted by molar-refractivity contribution is -0.142. The summed E-state index contributed by atoms with van der Waals surface area (Å²) in [5, 5.41) is 3.59. The number of aryl methyl sites for hydroxylation is 3. The molecular weight excluding hydrogens is 385 g/mol. The highest BCUT2D eigenvalue weighted by Crippen LogP contribution is 2.34. The molecule has 0 atom stereocenters. The molecule has 0 saturated carbocycles. The van der Waals surface area contributed by atoms with Gasteiger partial charge in [0.1, 0.15) is 16.4 Å². The molecule has 2 heterocycles. The molecule has 1 aliphatic carbocycles. The Kier molecular flexibility index (Phi) is 5.26. The van der Waals surface area contributed by atoms with Gasteiger partial charge < -0.3 is 4.52 Å². The van der Waals surface area contributed by atoms with Crippen molar-refractivity contribution < 1.29 is 26.1 Å². The molecule has 0 bridgehead atoms. The van der Waals surface area contributed by atoms with E-state index < -0.39 is 21.9 Å². The summed E-state index contributed by atoms with van der Waals surface area (Å²) >= 11 is 0. The van der Waals surface area contributed by atoms with Crippen LogP contribution in [0.15, 0.2) is 9.42 Å². The van der Waals surface area contributed by atoms with Crippen molar-refractivity contribution in [2.45, 2.75) is 57.0 Å². The van der Waals surface area contributed by atoms with E-state index in [0.29, 0.717) is 25.0 Å². The summed E-state index contributed by atoms with van der Waals surface area (Å²) < 4.78 is 71.9. The minimum atomic E-state index is -4.56. The zero-order valence-electron chi connectivity index (χ0n) is 14.9. The summed E-state index contributed by atoms with van der Waals surface area (Å²) in [4.78, 5) is 7.84. The van der Waals surface area contributed by atoms with E-state index in [9.17, 15) is 21.6 Å². The van der Waals surface area contributed by atoms with Crippen LogP contribution in [0.3, 0.4) is 0 Å². The number of alkyl halides is 3. The second-order valence-corrected chi connectivity index (χ2v) is 8.12. The normalized spacial score (nSPS) is 15.0. The Labute approximate surface area is 154 Å². The first-order valence-corrected chi connectivity index (χ1v) is 9.96. The van der Waals surface area contributed by atoms with Gasteiger partial charge in [-0.1, -0.05) is 5.16 Å². The van der Waals surface area contributed by atoms with Gasteiger partial charge in [0.2, 0.25) is 10.0 Å². The lowest BCUT2D eigenvalue weighted by atomic mass is 9.94. The van der Waals surface area contributed by atoms with Gasteiger partial charge in [0.05, 0.1) is 0 Å². The Morgan fingerprint density at radius 3 is 2.48 bits per heavy atom. The van der Waals surface area contributed by atoms with Crippen molar-refractivity contribution in [3.8, 4) is 0 Å². The van der Waals surface area contributed by atoms with Gasteiger partial charge in [-0.2, -0.15) is 13.2 Å². The van der Waals surface area contributed by atoms with Crippen LogP contribution in [0.25, 0.3) is 0 Å². The molecule has 3 rings (SSSR count). The zero-order chi connectivity index (χ0) is 19.8. The van der Waals surface area contributed by atoms with Gasteiger partial charge in [0, 0.05) is 24.2 Å². The minimum Gasteiger partial charge on any atom is -0.360 e. The Morgan fingerprint density at radius 2 is 1.85 bits per heavy atom. The summed E-state index contributed by atoms with van der Waals surface area (Å²) in [7, 11) is -3.89. The summed E-state index contributed by atoms with van der Waals surface area (Å²) in [6, 6.07) is 0. The first-order chi connectivity index (χ1) is 12.6. The number of halogens is 3. The lowest BCUT2D eigenvalue weighted by Crippen LogP contribution is -2.28. The molecule has 0 unspecified atom stereocenters. The monoisotopic (exact) mass is 404 g/mol. The number of rotatable bonds is 5. The van der Waals surface area contributed by atoms with E-state index in [1.54, 1.807) is 0 Å². The van der Waals surface area contributed by atoms with Crippen LogP contribution in [0, 0.1) is 13.8 Å². The number of hydrogen-bond acceptors (Lipinski definition) is 6. The topological polar surface area (TPSA) is 98.0 Å². The maximum absolute atomic E-state index is 13.3. The molecule has 11 heteroatoms. The van der Waals surface area contributed by atoms with Crippen molar-refractivity contribution in [1.82, 2.24) is 19.8 Å². The van der Waals surface area contributed by atoms with Crippen molar-refractivity contribution in [2.75, 3.05) is 6.54 Å². The van der Waals surface area contributed by atoms with Gasteiger partial charge in [-0.15, -0.1) is 0 Å². The molecule has 0 radical (unpaired) electrons. The van der Waals surface area contributed by atoms with Crippen LogP contribution in [-0.2, 0) is 35.5 Å². The molecule has 2 aromatic rings. The highest BCUT2D eigenvalue weighted by atomic mass is 32.2. The molecule has 0 aliphatic heterocycles. The highest BCUT2D eigenvalue weighted by Gasteiger charge is 2.37. The third-order valence-electron chi connectivity index (χ3n) is 4.38. The molecular formula is C16H19F3N4O3S. The molecule has 0 fully saturated rings. The number of nitrogens with zero attached hydrogens (tertiary/aromatic N) is 3. The van der Waals surface area contributed by atoms with Gasteiger partial charge in [0.15, 0.2) is 11.5 Å². The molecule has 27 heavy (non-hydrogen) atoms. The Morgan fingerprint density at radius 1 is 1.15 bits per heavy atom. The number of hydrogen-bond donors (Lipinski definition) is 1. The quantitative estimate of drug-likeness (QED) is 0.822. The summed E-state index contributed by atoms with van der Waals surface area (Å²) in [6.07, 6.45) is -2.38. The van der Waals surface area contributed by atoms with E-state index in [1.165, 1.54) is 13.8 Å². The van der Waals surface area contributed by atoms with Crippen molar-refractivity contribution in [3.63, 3.8) is 0 Å². The molecule has 0 spiro atoms. The van der Waals surface area contributed by atoms with Gasteiger partial charge in [-0.25, -0.2) is 23.1 Å². The average molecular weight is 404 g/mol. The third kappa shape index (κ3) is 4.13. The van der Waals surface area contributed by atoms with Crippen LogP contribution in [-0.4, -0.2) is 30.1 Å². The van der Waals surface area contributed by atoms with Crippen molar-refractivity contribution in [3.05, 3.63) is 34.2 Å². The van der Waals surface area contributed by atoms with E-state index in [1.807, 2.05) is 0 Å². The predicted octanol–water partition coefficient (Wildman–Crippen LogP) is 2.50. The van der Waals surface area contributed by atoms with E-state index in [-0.39, 0.29) is 40.7 Å². The summed E-state index contributed by atoms with van der Waals surface area (Å²) in [5.41, 5.74) is -0.124. The van der Waals surface area contributed by atoms with E-state index in [4.69, 9.17) is 4.52 Å². The average Bonchev–Trinajstić information content (AvgIpc) is 2.92. The fourth-order valence-electron chi connectivity index (χ4n) is 3.22. The smallest absolute Gasteiger partial charge is 0.360 e. The van der Waals surface area contributed by atoms with Crippen LogP contribution in [0.5, 0.6) is 0 Å². The Balaban J connectivity index is 1.79. The van der Waals surface area contributed by atoms with Gasteiger partial charge in [-0.3, -0.25) is 0 Å². The molecule has 0 aromatic carbocycles. The third-order valence-corrected chi connectivity index (χ3v) is 6.08. The van der Waals surface area contributed by atoms with E-state index >= 15 is 0 Å². The molecule has 1 N–H and O–H groups in total. The van der Waals surface area contributed by atoms with Gasteiger partial charge in [-0.05, 0) is 39.5 Å². The Bertz CT molecular complexity index is 935. The van der Waals surface area contributed by atoms with Crippen LogP contribution in [0.2, 0.25) is 0 Å². The molecule has 2 aromatic heterocycles. The molecule has 7 nitrogen and oxygen atoms in total. The van der Waals surface area contributed by atoms with Crippen LogP contribution < -0.4 is 4.72 Å². The predicted molar refractivity (Wildman–Crippen MR) is 88.5 cm³/mol. The van der Waals surface area contributed by atoms with Crippen molar-refractivity contribution in [1.29, 1.82) is 0 Å². The number of sulfonamides is 1. The molecule has 0 saturated heterocycles. The van der Waals surface area contributed by atoms with Crippen molar-refractivity contribution >= 4 is 10.0 Å². The van der Waals surface area contributed by atoms with Gasteiger partial charge >= 0.3 is 6.18 Å². The first-order valence-electron chi connectivity index (χ1n) is 8.48. The SMILES string of the molecule is Cc1noc(C)c1S(=O)(=O)NCCc1nc2c(c(C(F)(F)F)n1)CCCC2. The minimum absolute atomic E-state index is 0.0237. The maximum Gasteiger partial charge on any atom is 0.433 e. The maximum atomic E-state index is 13.3. The van der Waals surface area contributed by atoms with Gasteiger partial charge in [0.25, 0.3) is 0 Å². The number of fused-ring (bicyclic) bond motifs is 1. The summed E-state index contributed by atoms with van der Waals surface area (Å²) in [6.45, 7) is 2.83. The standard InChI is InChI=1S/C16H19F3N4O3S/c1-9-14(10(2)26-23-9)27(24,25)20-8-7-13-21-12-6-4-3-5-11(12)15(22-13)16(17,18)19/h20H,3-8H2,1-2H3. The molecule has 0 amide bonds. The largest absolute Gasteiger partial charge is 0.433 e. The lowest BCUT2D eigenvalue weighted by Gasteiger charge is -2.20. The van der Waals surface area contributed by atoms with Crippen molar-refractivity contribution in [2.24, 2.45) is 0 Å². The first kappa shape index (κ1) is 19.7. The zero-order valence-corrected chi connectivity index (χ0v) is 15.7. The van der Waals surface area contributed by atoms with Crippen LogP contribution >= 0.6 is 0 Å². The fourth-order valence-corrected chi connectivity index (χ4v) is 4.58. The molecule has 148 valence electrons. The highest BCUT2D eigenvalue weighted by molar-refractivity contribution is 7.89. The second-order valence-electron chi connectivity index (χ2n) is 6.42. The number of nitrogens with one attached hydrogen (secondary N) is 1. The molecule has 1 aliphatic rings.